The molecule has 0 fully saturated rings. The smallest absolute Gasteiger partial charge is 0.264 e. The topological polar surface area (TPSA) is 86.8 Å². The van der Waals surface area contributed by atoms with E-state index < -0.39 is 34.1 Å². The molecular weight excluding hydrogens is 534 g/mol. The number of benzene rings is 3. The lowest BCUT2D eigenvalue weighted by Crippen LogP contribution is -2.55. The average Bonchev–Trinajstić information content (AvgIpc) is 2.87. The van der Waals surface area contributed by atoms with Crippen LogP contribution in [0.1, 0.15) is 61.9 Å². The molecule has 1 N–H and O–H groups in total. The number of carbonyl (C=O) groups excluding carboxylic acids is 2. The summed E-state index contributed by atoms with van der Waals surface area (Å²) in [4.78, 5) is 29.3. The molecule has 2 amide bonds. The van der Waals surface area contributed by atoms with Gasteiger partial charge in [0.2, 0.25) is 11.8 Å². The van der Waals surface area contributed by atoms with Crippen molar-refractivity contribution in [2.24, 2.45) is 0 Å². The summed E-state index contributed by atoms with van der Waals surface area (Å²) in [6.45, 7) is 14.9. The van der Waals surface area contributed by atoms with Crippen LogP contribution in [0.25, 0.3) is 0 Å². The summed E-state index contributed by atoms with van der Waals surface area (Å²) in [5, 5.41) is 3.00. The molecule has 8 heteroatoms. The van der Waals surface area contributed by atoms with Gasteiger partial charge in [-0.05, 0) is 84.2 Å². The molecule has 0 saturated heterocycles. The van der Waals surface area contributed by atoms with Gasteiger partial charge in [-0.1, -0.05) is 72.1 Å². The van der Waals surface area contributed by atoms with Crippen LogP contribution in [0.5, 0.6) is 0 Å². The van der Waals surface area contributed by atoms with Gasteiger partial charge in [0.05, 0.1) is 10.6 Å². The molecule has 0 heterocycles. The number of amides is 2. The van der Waals surface area contributed by atoms with Crippen LogP contribution in [0.4, 0.5) is 5.69 Å². The molecule has 0 aliphatic carbocycles. The van der Waals surface area contributed by atoms with Crippen LogP contribution in [0.15, 0.2) is 71.6 Å². The molecule has 3 aromatic rings. The van der Waals surface area contributed by atoms with Gasteiger partial charge in [-0.15, -0.1) is 0 Å². The Morgan fingerprint density at radius 3 is 1.88 bits per heavy atom. The molecule has 0 bridgehead atoms. The average molecular weight is 578 g/mol. The minimum Gasteiger partial charge on any atom is -0.350 e. The first-order valence-electron chi connectivity index (χ1n) is 14.0. The first-order valence-corrected chi connectivity index (χ1v) is 15.4. The van der Waals surface area contributed by atoms with E-state index in [2.05, 4.69) is 5.32 Å². The van der Waals surface area contributed by atoms with Gasteiger partial charge < -0.3 is 10.2 Å². The summed E-state index contributed by atoms with van der Waals surface area (Å²) in [5.41, 5.74) is 4.50. The molecule has 0 saturated carbocycles. The first kappa shape index (κ1) is 31.9. The van der Waals surface area contributed by atoms with Crippen molar-refractivity contribution < 1.29 is 18.0 Å². The monoisotopic (exact) mass is 577 g/mol. The van der Waals surface area contributed by atoms with Crippen molar-refractivity contribution in [3.05, 3.63) is 94.5 Å². The van der Waals surface area contributed by atoms with Crippen molar-refractivity contribution in [1.29, 1.82) is 0 Å². The van der Waals surface area contributed by atoms with Crippen LogP contribution in [0, 0.1) is 27.7 Å². The van der Waals surface area contributed by atoms with Crippen LogP contribution in [-0.4, -0.2) is 43.3 Å². The van der Waals surface area contributed by atoms with Gasteiger partial charge in [-0.2, -0.15) is 0 Å². The lowest BCUT2D eigenvalue weighted by Gasteiger charge is -2.35. The fourth-order valence-electron chi connectivity index (χ4n) is 4.70. The number of nitrogens with zero attached hydrogens (tertiary/aromatic N) is 2. The van der Waals surface area contributed by atoms with Gasteiger partial charge in [0, 0.05) is 12.1 Å². The highest BCUT2D eigenvalue weighted by atomic mass is 32.2. The minimum absolute atomic E-state index is 0.0958. The van der Waals surface area contributed by atoms with Crippen molar-refractivity contribution in [2.75, 3.05) is 10.8 Å². The Bertz CT molecular complexity index is 1470. The Morgan fingerprint density at radius 1 is 0.829 bits per heavy atom. The summed E-state index contributed by atoms with van der Waals surface area (Å²) in [7, 11) is -4.11. The molecule has 0 spiro atoms. The number of aryl methyl sites for hydroxylation is 4. The highest BCUT2D eigenvalue weighted by Crippen LogP contribution is 2.28. The third-order valence-electron chi connectivity index (χ3n) is 6.87. The zero-order chi connectivity index (χ0) is 30.5. The SMILES string of the molecule is CCC(C(=O)NC(C)(C)C)N(Cc1ccc(C)cc1)C(=O)CN(c1ccc(C)cc1C)S(=O)(=O)c1ccc(C)cc1. The quantitative estimate of drug-likeness (QED) is 0.328. The lowest BCUT2D eigenvalue weighted by molar-refractivity contribution is -0.141. The standard InChI is InChI=1S/C33H43N3O4S/c1-9-29(32(38)34-33(6,7)8)35(21-27-15-10-23(2)11-16-27)31(37)22-36(30-19-14-25(4)20-26(30)5)41(39,40)28-17-12-24(3)13-18-28/h10-20,29H,9,21-22H2,1-8H3,(H,34,38). The normalized spacial score (nSPS) is 12.5. The molecule has 3 rings (SSSR count). The number of hydrogen-bond acceptors (Lipinski definition) is 4. The van der Waals surface area contributed by atoms with E-state index in [4.69, 9.17) is 0 Å². The zero-order valence-corrected chi connectivity index (χ0v) is 26.3. The Hall–Kier alpha value is -3.65. The van der Waals surface area contributed by atoms with E-state index >= 15 is 0 Å². The highest BCUT2D eigenvalue weighted by Gasteiger charge is 2.35. The van der Waals surface area contributed by atoms with E-state index in [0.29, 0.717) is 12.1 Å². The molecule has 41 heavy (non-hydrogen) atoms. The zero-order valence-electron chi connectivity index (χ0n) is 25.5. The second kappa shape index (κ2) is 12.9. The van der Waals surface area contributed by atoms with E-state index in [0.717, 1.165) is 27.8 Å². The molecule has 220 valence electrons. The van der Waals surface area contributed by atoms with E-state index in [9.17, 15) is 18.0 Å². The maximum atomic E-state index is 14.2. The summed E-state index contributed by atoms with van der Waals surface area (Å²) < 4.78 is 29.3. The largest absolute Gasteiger partial charge is 0.350 e. The molecule has 3 aromatic carbocycles. The third-order valence-corrected chi connectivity index (χ3v) is 8.64. The number of anilines is 1. The van der Waals surface area contributed by atoms with E-state index in [1.54, 1.807) is 30.3 Å². The van der Waals surface area contributed by atoms with Crippen LogP contribution in [-0.2, 0) is 26.2 Å². The third kappa shape index (κ3) is 8.19. The molecule has 0 aliphatic heterocycles. The fourth-order valence-corrected chi connectivity index (χ4v) is 6.18. The maximum absolute atomic E-state index is 14.2. The number of nitrogens with one attached hydrogen (secondary N) is 1. The first-order chi connectivity index (χ1) is 19.1. The molecule has 0 radical (unpaired) electrons. The van der Waals surface area contributed by atoms with Gasteiger partial charge in [-0.25, -0.2) is 8.42 Å². The molecule has 0 aliphatic rings. The van der Waals surface area contributed by atoms with Crippen molar-refractivity contribution >= 4 is 27.5 Å². The summed E-state index contributed by atoms with van der Waals surface area (Å²) >= 11 is 0. The van der Waals surface area contributed by atoms with E-state index in [-0.39, 0.29) is 17.3 Å². The molecule has 0 aromatic heterocycles. The Kier molecular flexibility index (Phi) is 10.0. The van der Waals surface area contributed by atoms with Gasteiger partial charge >= 0.3 is 0 Å². The predicted molar refractivity (Wildman–Crippen MR) is 165 cm³/mol. The van der Waals surface area contributed by atoms with Crippen LogP contribution >= 0.6 is 0 Å². The summed E-state index contributed by atoms with van der Waals surface area (Å²) in [5.74, 6) is -0.739. The van der Waals surface area contributed by atoms with Gasteiger partial charge in [0.1, 0.15) is 12.6 Å². The Balaban J connectivity index is 2.10. The number of carbonyl (C=O) groups is 2. The van der Waals surface area contributed by atoms with Crippen molar-refractivity contribution in [1.82, 2.24) is 10.2 Å². The van der Waals surface area contributed by atoms with Crippen molar-refractivity contribution in [2.45, 2.75) is 84.8 Å². The summed E-state index contributed by atoms with van der Waals surface area (Å²) in [6, 6.07) is 19.0. The second-order valence-corrected chi connectivity index (χ2v) is 13.6. The van der Waals surface area contributed by atoms with Crippen LogP contribution in [0.3, 0.4) is 0 Å². The maximum Gasteiger partial charge on any atom is 0.264 e. The van der Waals surface area contributed by atoms with Crippen LogP contribution < -0.4 is 9.62 Å². The van der Waals surface area contributed by atoms with Crippen molar-refractivity contribution in [3.8, 4) is 0 Å². The van der Waals surface area contributed by atoms with E-state index in [1.807, 2.05) is 91.8 Å². The molecule has 1 unspecified atom stereocenters. The van der Waals surface area contributed by atoms with E-state index in [1.165, 1.54) is 9.21 Å². The van der Waals surface area contributed by atoms with Gasteiger partial charge in [0.15, 0.2) is 0 Å². The van der Waals surface area contributed by atoms with Crippen molar-refractivity contribution in [3.63, 3.8) is 0 Å². The Morgan fingerprint density at radius 2 is 1.37 bits per heavy atom. The summed E-state index contributed by atoms with van der Waals surface area (Å²) in [6.07, 6.45) is 0.369. The molecular formula is C33H43N3O4S. The van der Waals surface area contributed by atoms with Crippen LogP contribution in [0.2, 0.25) is 0 Å². The lowest BCUT2D eigenvalue weighted by atomic mass is 10.1. The number of sulfonamides is 1. The molecule has 7 nitrogen and oxygen atoms in total. The minimum atomic E-state index is -4.11. The highest BCUT2D eigenvalue weighted by molar-refractivity contribution is 7.92. The number of rotatable bonds is 10. The van der Waals surface area contributed by atoms with Gasteiger partial charge in [0.25, 0.3) is 10.0 Å². The predicted octanol–water partition coefficient (Wildman–Crippen LogP) is 5.84. The number of hydrogen-bond donors (Lipinski definition) is 1. The molecule has 1 atom stereocenters. The second-order valence-electron chi connectivity index (χ2n) is 11.8. The fraction of sp³-hybridized carbons (Fsp3) is 0.394. The van der Waals surface area contributed by atoms with Gasteiger partial charge in [-0.3, -0.25) is 13.9 Å². The Labute approximate surface area is 245 Å².